The molecule has 2 amide bonds. The van der Waals surface area contributed by atoms with Crippen molar-refractivity contribution in [3.8, 4) is 0 Å². The van der Waals surface area contributed by atoms with Gasteiger partial charge in [0.1, 0.15) is 5.82 Å². The van der Waals surface area contributed by atoms with Crippen molar-refractivity contribution in [1.82, 2.24) is 10.2 Å². The van der Waals surface area contributed by atoms with Gasteiger partial charge in [0.25, 0.3) is 0 Å². The normalized spacial score (nSPS) is 14.0. The van der Waals surface area contributed by atoms with Crippen LogP contribution < -0.4 is 5.32 Å². The molecule has 0 saturated heterocycles. The summed E-state index contributed by atoms with van der Waals surface area (Å²) in [5.41, 5.74) is 2.39. The molecule has 3 rings (SSSR count). The third-order valence-corrected chi connectivity index (χ3v) is 4.57. The van der Waals surface area contributed by atoms with Crippen molar-refractivity contribution >= 4 is 12.0 Å². The van der Waals surface area contributed by atoms with Gasteiger partial charge in [-0.3, -0.25) is 4.79 Å². The van der Waals surface area contributed by atoms with Gasteiger partial charge in [-0.1, -0.05) is 42.5 Å². The van der Waals surface area contributed by atoms with Gasteiger partial charge >= 0.3 is 12.0 Å². The van der Waals surface area contributed by atoms with Crippen LogP contribution >= 0.6 is 0 Å². The summed E-state index contributed by atoms with van der Waals surface area (Å²) in [7, 11) is 0. The topological polar surface area (TPSA) is 69.6 Å². The molecule has 0 aliphatic carbocycles. The van der Waals surface area contributed by atoms with Crippen molar-refractivity contribution in [3.63, 3.8) is 0 Å². The molecule has 1 aliphatic heterocycles. The Labute approximate surface area is 151 Å². The number of benzene rings is 2. The average Bonchev–Trinajstić information content (AvgIpc) is 3.06. The minimum absolute atomic E-state index is 0.0212. The Morgan fingerprint density at radius 3 is 2.58 bits per heavy atom. The molecule has 6 heteroatoms. The first-order valence-electron chi connectivity index (χ1n) is 8.60. The number of urea groups is 1. The second-order valence-corrected chi connectivity index (χ2v) is 6.50. The highest BCUT2D eigenvalue weighted by molar-refractivity contribution is 5.75. The molecule has 2 aromatic rings. The number of halogens is 1. The molecule has 5 nitrogen and oxygen atoms in total. The third kappa shape index (κ3) is 4.39. The molecular formula is C20H21FN2O3. The summed E-state index contributed by atoms with van der Waals surface area (Å²) in [4.78, 5) is 25.1. The number of amides is 2. The van der Waals surface area contributed by atoms with Gasteiger partial charge in [0.05, 0.1) is 6.54 Å². The number of aliphatic carboxylic acids is 1. The number of carbonyl (C=O) groups is 2. The van der Waals surface area contributed by atoms with Crippen LogP contribution in [0.5, 0.6) is 0 Å². The second-order valence-electron chi connectivity index (χ2n) is 6.50. The van der Waals surface area contributed by atoms with E-state index in [-0.39, 0.29) is 30.9 Å². The number of hydrogen-bond donors (Lipinski definition) is 2. The van der Waals surface area contributed by atoms with Crippen LogP contribution in [-0.4, -0.2) is 28.0 Å². The summed E-state index contributed by atoms with van der Waals surface area (Å²) in [6, 6.07) is 13.9. The minimum atomic E-state index is -0.895. The van der Waals surface area contributed by atoms with Crippen LogP contribution in [0.4, 0.5) is 9.18 Å². The van der Waals surface area contributed by atoms with Gasteiger partial charge in [0, 0.05) is 24.6 Å². The van der Waals surface area contributed by atoms with Crippen LogP contribution in [0.25, 0.3) is 0 Å². The van der Waals surface area contributed by atoms with Gasteiger partial charge in [-0.15, -0.1) is 0 Å². The highest BCUT2D eigenvalue weighted by Crippen LogP contribution is 2.25. The van der Waals surface area contributed by atoms with Crippen molar-refractivity contribution in [2.24, 2.45) is 0 Å². The Morgan fingerprint density at radius 2 is 1.88 bits per heavy atom. The zero-order valence-corrected chi connectivity index (χ0v) is 14.3. The lowest BCUT2D eigenvalue weighted by atomic mass is 10.0. The molecular weight excluding hydrogens is 335 g/mol. The fourth-order valence-electron chi connectivity index (χ4n) is 3.21. The summed E-state index contributed by atoms with van der Waals surface area (Å²) in [5.74, 6) is -1.20. The predicted octanol–water partition coefficient (Wildman–Crippen LogP) is 3.33. The Bertz CT molecular complexity index is 795. The molecule has 0 fully saturated rings. The lowest BCUT2D eigenvalue weighted by Crippen LogP contribution is -2.43. The molecule has 1 unspecified atom stereocenters. The monoisotopic (exact) mass is 356 g/mol. The fraction of sp³-hybridized carbons (Fsp3) is 0.300. The number of carboxylic acids is 1. The van der Waals surface area contributed by atoms with Crippen LogP contribution in [0.2, 0.25) is 0 Å². The second kappa shape index (κ2) is 7.99. The molecule has 2 aromatic carbocycles. The first-order chi connectivity index (χ1) is 12.5. The van der Waals surface area contributed by atoms with Gasteiger partial charge in [-0.05, 0) is 30.0 Å². The van der Waals surface area contributed by atoms with Gasteiger partial charge < -0.3 is 15.3 Å². The van der Waals surface area contributed by atoms with Gasteiger partial charge in [0.2, 0.25) is 0 Å². The number of carbonyl (C=O) groups excluding carboxylic acids is 1. The van der Waals surface area contributed by atoms with Gasteiger partial charge in [-0.2, -0.15) is 0 Å². The zero-order valence-electron chi connectivity index (χ0n) is 14.3. The van der Waals surface area contributed by atoms with Crippen LogP contribution in [-0.2, 0) is 24.3 Å². The van der Waals surface area contributed by atoms with Crippen molar-refractivity contribution in [2.75, 3.05) is 0 Å². The van der Waals surface area contributed by atoms with E-state index >= 15 is 0 Å². The lowest BCUT2D eigenvalue weighted by Gasteiger charge is -2.23. The van der Waals surface area contributed by atoms with Crippen molar-refractivity contribution < 1.29 is 19.1 Å². The summed E-state index contributed by atoms with van der Waals surface area (Å²) < 4.78 is 13.9. The molecule has 2 N–H and O–H groups in total. The Balaban J connectivity index is 1.65. The smallest absolute Gasteiger partial charge is 0.318 e. The number of carboxylic acid groups (broad SMARTS) is 1. The number of fused-ring (bicyclic) bond motifs is 1. The summed E-state index contributed by atoms with van der Waals surface area (Å²) in [6.45, 7) is 0.584. The standard InChI is InChI=1S/C20H21FN2O3/c21-18-8-4-7-15-12-23(13-17(15)18)20(26)22-16(9-10-19(24)25)11-14-5-2-1-3-6-14/h1-8,16H,9-13H2,(H,22,26)(H,24,25). The van der Waals surface area contributed by atoms with Crippen molar-refractivity contribution in [1.29, 1.82) is 0 Å². The third-order valence-electron chi connectivity index (χ3n) is 4.57. The average molecular weight is 356 g/mol. The van der Waals surface area contributed by atoms with Crippen LogP contribution in [0.3, 0.4) is 0 Å². The minimum Gasteiger partial charge on any atom is -0.481 e. The summed E-state index contributed by atoms with van der Waals surface area (Å²) in [5, 5.41) is 11.9. The molecule has 1 heterocycles. The first kappa shape index (κ1) is 17.9. The Kier molecular flexibility index (Phi) is 5.51. The van der Waals surface area contributed by atoms with Crippen molar-refractivity contribution in [3.05, 3.63) is 71.0 Å². The molecule has 0 spiro atoms. The quantitative estimate of drug-likeness (QED) is 0.834. The molecule has 0 aromatic heterocycles. The van der Waals surface area contributed by atoms with Crippen molar-refractivity contribution in [2.45, 2.75) is 38.4 Å². The first-order valence-corrected chi connectivity index (χ1v) is 8.60. The van der Waals surface area contributed by atoms with Crippen LogP contribution in [0.15, 0.2) is 48.5 Å². The molecule has 1 aliphatic rings. The lowest BCUT2D eigenvalue weighted by molar-refractivity contribution is -0.137. The zero-order chi connectivity index (χ0) is 18.5. The van der Waals surface area contributed by atoms with Gasteiger partial charge in [0.15, 0.2) is 0 Å². The molecule has 0 bridgehead atoms. The van der Waals surface area contributed by atoms with E-state index < -0.39 is 5.97 Å². The molecule has 0 radical (unpaired) electrons. The van der Waals surface area contributed by atoms with Crippen LogP contribution in [0.1, 0.15) is 29.5 Å². The predicted molar refractivity (Wildman–Crippen MR) is 95.0 cm³/mol. The highest BCUT2D eigenvalue weighted by Gasteiger charge is 2.27. The highest BCUT2D eigenvalue weighted by atomic mass is 19.1. The van der Waals surface area contributed by atoms with E-state index in [1.165, 1.54) is 6.07 Å². The number of nitrogens with zero attached hydrogens (tertiary/aromatic N) is 1. The van der Waals surface area contributed by atoms with E-state index in [2.05, 4.69) is 5.32 Å². The summed E-state index contributed by atoms with van der Waals surface area (Å²) in [6.07, 6.45) is 0.868. The SMILES string of the molecule is O=C(O)CCC(Cc1ccccc1)NC(=O)N1Cc2cccc(F)c2C1. The maximum Gasteiger partial charge on any atom is 0.318 e. The Morgan fingerprint density at radius 1 is 1.12 bits per heavy atom. The van der Waals surface area contributed by atoms with E-state index in [0.29, 0.717) is 24.9 Å². The number of hydrogen-bond acceptors (Lipinski definition) is 2. The fourth-order valence-corrected chi connectivity index (χ4v) is 3.21. The van der Waals surface area contributed by atoms with E-state index in [1.54, 1.807) is 11.0 Å². The maximum atomic E-state index is 13.9. The molecule has 26 heavy (non-hydrogen) atoms. The molecule has 0 saturated carbocycles. The van der Waals surface area contributed by atoms with E-state index in [4.69, 9.17) is 5.11 Å². The summed E-state index contributed by atoms with van der Waals surface area (Å²) >= 11 is 0. The van der Waals surface area contributed by atoms with E-state index in [9.17, 15) is 14.0 Å². The maximum absolute atomic E-state index is 13.9. The van der Waals surface area contributed by atoms with Crippen LogP contribution in [0, 0.1) is 5.82 Å². The van der Waals surface area contributed by atoms with E-state index in [1.807, 2.05) is 36.4 Å². The number of rotatable bonds is 6. The largest absolute Gasteiger partial charge is 0.481 e. The molecule has 136 valence electrons. The van der Waals surface area contributed by atoms with Gasteiger partial charge in [-0.25, -0.2) is 9.18 Å². The van der Waals surface area contributed by atoms with E-state index in [0.717, 1.165) is 11.1 Å². The molecule has 1 atom stereocenters. The number of nitrogens with one attached hydrogen (secondary N) is 1. The Hall–Kier alpha value is -2.89.